The van der Waals surface area contributed by atoms with Crippen molar-refractivity contribution in [1.82, 2.24) is 0 Å². The number of aliphatic imine (C=N–C) groups is 1. The van der Waals surface area contributed by atoms with Gasteiger partial charge in [0, 0.05) is 5.71 Å². The molecule has 0 aliphatic heterocycles. The lowest BCUT2D eigenvalue weighted by atomic mass is 9.47. The van der Waals surface area contributed by atoms with E-state index in [-0.39, 0.29) is 0 Å². The van der Waals surface area contributed by atoms with E-state index >= 15 is 0 Å². The molecule has 2 unspecified atom stereocenters. The lowest BCUT2D eigenvalue weighted by molar-refractivity contribution is -0.0836. The Morgan fingerprint density at radius 3 is 2.22 bits per heavy atom. The van der Waals surface area contributed by atoms with Crippen LogP contribution in [0.15, 0.2) is 16.6 Å². The molecule has 0 aromatic rings. The van der Waals surface area contributed by atoms with Crippen LogP contribution in [-0.2, 0) is 0 Å². The van der Waals surface area contributed by atoms with E-state index in [4.69, 9.17) is 0 Å². The Morgan fingerprint density at radius 1 is 0.892 bits per heavy atom. The summed E-state index contributed by atoms with van der Waals surface area (Å²) in [6.45, 7) is 23.2. The van der Waals surface area contributed by atoms with Crippen LogP contribution in [0.1, 0.15) is 153 Å². The zero-order valence-corrected chi connectivity index (χ0v) is 26.8. The lowest BCUT2D eigenvalue weighted by Crippen LogP contribution is -2.50. The molecule has 0 aromatic heterocycles. The summed E-state index contributed by atoms with van der Waals surface area (Å²) in [4.78, 5) is 4.51. The smallest absolute Gasteiger partial charge is 0.0677 e. The first-order chi connectivity index (χ1) is 17.5. The van der Waals surface area contributed by atoms with E-state index in [2.05, 4.69) is 80.3 Å². The maximum Gasteiger partial charge on any atom is 0.0677 e. The summed E-state index contributed by atoms with van der Waals surface area (Å²) in [5, 5.41) is 0. The largest absolute Gasteiger partial charge is 0.287 e. The van der Waals surface area contributed by atoms with Gasteiger partial charge >= 0.3 is 0 Å². The minimum Gasteiger partial charge on any atom is -0.287 e. The SMILES string of the molecule is CC=C(C)C(C)N=C(C)CC.CCC[C@@]1(C)CC[C@H]2[C@H](CCC3[C@@H]2CC[C@]2(C)[C@@H]([C@H](C)CC)CC[C@@H]32)C1. The van der Waals surface area contributed by atoms with E-state index in [1.54, 1.807) is 51.4 Å². The molecule has 0 spiro atoms. The zero-order valence-electron chi connectivity index (χ0n) is 26.8. The van der Waals surface area contributed by atoms with Crippen molar-refractivity contribution in [2.24, 2.45) is 57.2 Å². The first-order valence-electron chi connectivity index (χ1n) is 16.7. The Kier molecular flexibility index (Phi) is 11.0. The van der Waals surface area contributed by atoms with Crippen molar-refractivity contribution in [1.29, 1.82) is 0 Å². The van der Waals surface area contributed by atoms with E-state index in [0.29, 0.717) is 16.9 Å². The molecule has 0 aromatic carbocycles. The number of nitrogens with zero attached hydrogens (tertiary/aromatic N) is 1. The number of hydrogen-bond acceptors (Lipinski definition) is 1. The van der Waals surface area contributed by atoms with E-state index in [0.717, 1.165) is 47.8 Å². The highest BCUT2D eigenvalue weighted by atomic mass is 14.8. The number of allylic oxidation sites excluding steroid dienone is 1. The third-order valence-electron chi connectivity index (χ3n) is 12.7. The standard InChI is InChI=1S/C26H46.C10H19N/c1-6-14-25(4)15-12-20-19(17-25)8-9-22-21(20)13-16-26(5)23(18(3)7-2)10-11-24(22)26;1-6-8(3)10(5)11-9(4)7-2/h18-24H,6-17H2,1-5H3;6,10H,7H2,1-5H3/t18-,19-,20+,21-,22?,23-,24+,25+,26-;/m1./s1. The van der Waals surface area contributed by atoms with Crippen molar-refractivity contribution < 1.29 is 0 Å². The molecule has 1 nitrogen and oxygen atoms in total. The minimum atomic E-state index is 0.361. The van der Waals surface area contributed by atoms with Crippen molar-refractivity contribution in [3.8, 4) is 0 Å². The van der Waals surface area contributed by atoms with Gasteiger partial charge in [-0.2, -0.15) is 0 Å². The van der Waals surface area contributed by atoms with Crippen LogP contribution in [0, 0.1) is 52.3 Å². The minimum absolute atomic E-state index is 0.361. The molecule has 4 saturated carbocycles. The average Bonchev–Trinajstić information content (AvgIpc) is 3.24. The van der Waals surface area contributed by atoms with Gasteiger partial charge < -0.3 is 0 Å². The molecule has 1 heteroatoms. The Morgan fingerprint density at radius 2 is 1.59 bits per heavy atom. The molecule has 214 valence electrons. The second kappa shape index (κ2) is 13.2. The zero-order chi connectivity index (χ0) is 27.4. The first-order valence-corrected chi connectivity index (χ1v) is 16.7. The molecule has 10 atom stereocenters. The van der Waals surface area contributed by atoms with E-state index in [1.807, 2.05) is 0 Å². The van der Waals surface area contributed by atoms with Crippen molar-refractivity contribution in [2.45, 2.75) is 159 Å². The van der Waals surface area contributed by atoms with Crippen LogP contribution in [0.25, 0.3) is 0 Å². The van der Waals surface area contributed by atoms with Crippen LogP contribution in [0.4, 0.5) is 0 Å². The number of hydrogen-bond donors (Lipinski definition) is 0. The van der Waals surface area contributed by atoms with E-state index < -0.39 is 0 Å². The third kappa shape index (κ3) is 6.77. The van der Waals surface area contributed by atoms with Gasteiger partial charge in [0.2, 0.25) is 0 Å². The Labute approximate surface area is 233 Å². The van der Waals surface area contributed by atoms with Gasteiger partial charge in [0.05, 0.1) is 6.04 Å². The molecule has 0 N–H and O–H groups in total. The topological polar surface area (TPSA) is 12.4 Å². The summed E-state index contributed by atoms with van der Waals surface area (Å²) >= 11 is 0. The molecule has 4 aliphatic carbocycles. The summed E-state index contributed by atoms with van der Waals surface area (Å²) in [6, 6.07) is 0.361. The van der Waals surface area contributed by atoms with Gasteiger partial charge in [-0.3, -0.25) is 4.99 Å². The van der Waals surface area contributed by atoms with Crippen molar-refractivity contribution >= 4 is 5.71 Å². The van der Waals surface area contributed by atoms with Gasteiger partial charge in [-0.1, -0.05) is 66.0 Å². The molecule has 0 bridgehead atoms. The normalized spacial score (nSPS) is 41.6. The number of fused-ring (bicyclic) bond motifs is 5. The maximum absolute atomic E-state index is 4.51. The molecule has 4 fully saturated rings. The van der Waals surface area contributed by atoms with Gasteiger partial charge in [-0.15, -0.1) is 0 Å². The molecule has 0 radical (unpaired) electrons. The van der Waals surface area contributed by atoms with Gasteiger partial charge in [0.25, 0.3) is 0 Å². The summed E-state index contributed by atoms with van der Waals surface area (Å²) < 4.78 is 0. The summed E-state index contributed by atoms with van der Waals surface area (Å²) in [7, 11) is 0. The van der Waals surface area contributed by atoms with Crippen LogP contribution >= 0.6 is 0 Å². The van der Waals surface area contributed by atoms with Crippen LogP contribution in [-0.4, -0.2) is 11.8 Å². The highest BCUT2D eigenvalue weighted by molar-refractivity contribution is 5.81. The predicted octanol–water partition coefficient (Wildman–Crippen LogP) is 11.3. The highest BCUT2D eigenvalue weighted by Gasteiger charge is 2.57. The molecule has 37 heavy (non-hydrogen) atoms. The molecular weight excluding hydrogens is 446 g/mol. The fourth-order valence-corrected chi connectivity index (χ4v) is 10.0. The average molecular weight is 512 g/mol. The number of rotatable bonds is 7. The lowest BCUT2D eigenvalue weighted by Gasteiger charge is -2.58. The summed E-state index contributed by atoms with van der Waals surface area (Å²) in [6.07, 6.45) is 21.5. The van der Waals surface area contributed by atoms with Crippen molar-refractivity contribution in [2.75, 3.05) is 0 Å². The van der Waals surface area contributed by atoms with Gasteiger partial charge in [0.1, 0.15) is 0 Å². The molecule has 0 saturated heterocycles. The molecule has 0 heterocycles. The molecular formula is C36H65N. The van der Waals surface area contributed by atoms with Gasteiger partial charge in [0.15, 0.2) is 0 Å². The maximum atomic E-state index is 4.51. The van der Waals surface area contributed by atoms with Gasteiger partial charge in [-0.25, -0.2) is 0 Å². The Balaban J connectivity index is 0.000000295. The second-order valence-corrected chi connectivity index (χ2v) is 14.8. The second-order valence-electron chi connectivity index (χ2n) is 14.8. The monoisotopic (exact) mass is 512 g/mol. The Hall–Kier alpha value is -0.590. The fraction of sp³-hybridized carbons (Fsp3) is 0.917. The van der Waals surface area contributed by atoms with Crippen LogP contribution in [0.5, 0.6) is 0 Å². The highest BCUT2D eigenvalue weighted by Crippen LogP contribution is 2.66. The first kappa shape index (κ1) is 30.9. The van der Waals surface area contributed by atoms with Crippen molar-refractivity contribution in [3.63, 3.8) is 0 Å². The fourth-order valence-electron chi connectivity index (χ4n) is 10.0. The predicted molar refractivity (Wildman–Crippen MR) is 165 cm³/mol. The van der Waals surface area contributed by atoms with Crippen LogP contribution in [0.3, 0.4) is 0 Å². The van der Waals surface area contributed by atoms with E-state index in [9.17, 15) is 0 Å². The van der Waals surface area contributed by atoms with Crippen LogP contribution < -0.4 is 0 Å². The van der Waals surface area contributed by atoms with Crippen molar-refractivity contribution in [3.05, 3.63) is 11.6 Å². The quantitative estimate of drug-likeness (QED) is 0.238. The van der Waals surface area contributed by atoms with E-state index in [1.165, 1.54) is 37.0 Å². The van der Waals surface area contributed by atoms with Crippen LogP contribution in [0.2, 0.25) is 0 Å². The summed E-state index contributed by atoms with van der Waals surface area (Å²) in [5.74, 6) is 7.43. The molecule has 0 amide bonds. The molecule has 4 rings (SSSR count). The third-order valence-corrected chi connectivity index (χ3v) is 12.7. The molecule has 4 aliphatic rings. The summed E-state index contributed by atoms with van der Waals surface area (Å²) in [5.41, 5.74) is 3.95. The Bertz CT molecular complexity index is 778. The van der Waals surface area contributed by atoms with Gasteiger partial charge in [-0.05, 0) is 151 Å².